The number of benzene rings is 3. The highest BCUT2D eigenvalue weighted by Gasteiger charge is 2.41. The number of nitrogens with zero attached hydrogens (tertiary/aromatic N) is 2. The number of para-hydroxylation sites is 2. The molecular formula is C24H21N3OS2. The molecule has 1 unspecified atom stereocenters. The van der Waals surface area contributed by atoms with Gasteiger partial charge in [0.25, 0.3) is 5.91 Å². The third-order valence-corrected chi connectivity index (χ3v) is 7.74. The van der Waals surface area contributed by atoms with Gasteiger partial charge in [-0.25, -0.2) is 0 Å². The van der Waals surface area contributed by atoms with Gasteiger partial charge in [0.05, 0.1) is 10.7 Å². The molecule has 2 heterocycles. The van der Waals surface area contributed by atoms with Crippen LogP contribution in [0.15, 0.2) is 99.8 Å². The molecule has 2 aliphatic heterocycles. The summed E-state index contributed by atoms with van der Waals surface area (Å²) >= 11 is 3.26. The van der Waals surface area contributed by atoms with E-state index in [-0.39, 0.29) is 11.4 Å². The number of thioether (sulfide) groups is 2. The largest absolute Gasteiger partial charge is 0.337 e. The van der Waals surface area contributed by atoms with Crippen LogP contribution in [0.1, 0.15) is 5.56 Å². The molecule has 0 aliphatic carbocycles. The van der Waals surface area contributed by atoms with Gasteiger partial charge in [-0.3, -0.25) is 15.0 Å². The molecule has 4 nitrogen and oxygen atoms in total. The second-order valence-corrected chi connectivity index (χ2v) is 9.23. The molecule has 6 heteroatoms. The van der Waals surface area contributed by atoms with Gasteiger partial charge in [0.1, 0.15) is 10.4 Å². The maximum absolute atomic E-state index is 13.6. The first-order chi connectivity index (χ1) is 14.7. The van der Waals surface area contributed by atoms with E-state index in [0.29, 0.717) is 6.54 Å². The summed E-state index contributed by atoms with van der Waals surface area (Å²) in [4.78, 5) is 19.5. The molecule has 1 saturated heterocycles. The minimum atomic E-state index is -0.166. The highest BCUT2D eigenvalue weighted by Crippen LogP contribution is 2.50. The van der Waals surface area contributed by atoms with Crippen molar-refractivity contribution in [3.8, 4) is 0 Å². The third-order valence-electron chi connectivity index (χ3n) is 5.17. The topological polar surface area (TPSA) is 35.6 Å². The van der Waals surface area contributed by atoms with Gasteiger partial charge in [-0.2, -0.15) is 0 Å². The first-order valence-corrected chi connectivity index (χ1v) is 11.5. The van der Waals surface area contributed by atoms with E-state index in [4.69, 9.17) is 0 Å². The lowest BCUT2D eigenvalue weighted by atomic mass is 10.2. The Hall–Kier alpha value is -2.67. The summed E-state index contributed by atoms with van der Waals surface area (Å²) < 4.78 is 0. The van der Waals surface area contributed by atoms with E-state index in [0.717, 1.165) is 21.3 Å². The average Bonchev–Trinajstić information content (AvgIpc) is 3.30. The summed E-state index contributed by atoms with van der Waals surface area (Å²) in [6.07, 6.45) is 0. The van der Waals surface area contributed by atoms with Crippen molar-refractivity contribution in [2.24, 2.45) is 0 Å². The molecule has 0 bridgehead atoms. The van der Waals surface area contributed by atoms with E-state index < -0.39 is 0 Å². The zero-order valence-corrected chi connectivity index (χ0v) is 18.1. The van der Waals surface area contributed by atoms with Crippen LogP contribution in [-0.4, -0.2) is 18.5 Å². The quantitative estimate of drug-likeness (QED) is 0.571. The van der Waals surface area contributed by atoms with E-state index in [2.05, 4.69) is 34.5 Å². The Morgan fingerprint density at radius 3 is 2.30 bits per heavy atom. The summed E-state index contributed by atoms with van der Waals surface area (Å²) in [6.45, 7) is 0.695. The Morgan fingerprint density at radius 1 is 0.900 bits per heavy atom. The lowest BCUT2D eigenvalue weighted by Gasteiger charge is -2.24. The third kappa shape index (κ3) is 3.51. The zero-order chi connectivity index (χ0) is 20.5. The van der Waals surface area contributed by atoms with Crippen LogP contribution in [0, 0.1) is 0 Å². The standard InChI is InChI=1S/C24H21N3OS2/c1-26-19-14-8-9-15-20(19)29-23(26)21-22(28)27(18-12-6-3-7-13-18)24(30-21)25-16-17-10-4-2-5-11-17/h2-15,24-25H,16H2,1H3/b23-21-. The van der Waals surface area contributed by atoms with Gasteiger partial charge < -0.3 is 4.90 Å². The van der Waals surface area contributed by atoms with Crippen LogP contribution in [0.5, 0.6) is 0 Å². The first-order valence-electron chi connectivity index (χ1n) is 9.80. The fourth-order valence-electron chi connectivity index (χ4n) is 3.65. The van der Waals surface area contributed by atoms with Crippen molar-refractivity contribution in [3.63, 3.8) is 0 Å². The van der Waals surface area contributed by atoms with Crippen LogP contribution in [0.25, 0.3) is 0 Å². The molecule has 2 aliphatic rings. The van der Waals surface area contributed by atoms with Crippen molar-refractivity contribution in [2.45, 2.75) is 16.9 Å². The molecule has 0 spiro atoms. The summed E-state index contributed by atoms with van der Waals surface area (Å²) in [5.41, 5.74) is 3.07. The van der Waals surface area contributed by atoms with Gasteiger partial charge >= 0.3 is 0 Å². The van der Waals surface area contributed by atoms with Gasteiger partial charge in [-0.1, -0.05) is 84.2 Å². The highest BCUT2D eigenvalue weighted by molar-refractivity contribution is 8.08. The Morgan fingerprint density at radius 2 is 1.57 bits per heavy atom. The van der Waals surface area contributed by atoms with E-state index in [1.165, 1.54) is 10.5 Å². The lowest BCUT2D eigenvalue weighted by Crippen LogP contribution is -2.41. The molecular weight excluding hydrogens is 410 g/mol. The molecule has 150 valence electrons. The number of nitrogens with one attached hydrogen (secondary N) is 1. The van der Waals surface area contributed by atoms with Gasteiger partial charge in [0, 0.05) is 24.2 Å². The Kier molecular flexibility index (Phi) is 5.29. The number of anilines is 2. The molecule has 0 saturated carbocycles. The fraction of sp³-hybridized carbons (Fsp3) is 0.125. The second-order valence-electron chi connectivity index (χ2n) is 7.11. The van der Waals surface area contributed by atoms with Crippen LogP contribution in [0.4, 0.5) is 11.4 Å². The molecule has 3 aromatic carbocycles. The Balaban J connectivity index is 1.48. The summed E-state index contributed by atoms with van der Waals surface area (Å²) in [6, 6.07) is 28.4. The van der Waals surface area contributed by atoms with Crippen molar-refractivity contribution in [3.05, 3.63) is 100 Å². The predicted molar refractivity (Wildman–Crippen MR) is 126 cm³/mol. The van der Waals surface area contributed by atoms with Crippen LogP contribution in [-0.2, 0) is 11.3 Å². The van der Waals surface area contributed by atoms with E-state index >= 15 is 0 Å². The molecule has 5 rings (SSSR count). The molecule has 1 amide bonds. The fourth-order valence-corrected chi connectivity index (χ4v) is 6.15. The number of hydrogen-bond acceptors (Lipinski definition) is 5. The summed E-state index contributed by atoms with van der Waals surface area (Å²) in [7, 11) is 2.03. The highest BCUT2D eigenvalue weighted by atomic mass is 32.2. The minimum Gasteiger partial charge on any atom is -0.337 e. The van der Waals surface area contributed by atoms with Gasteiger partial charge in [0.2, 0.25) is 0 Å². The Labute approximate surface area is 185 Å². The predicted octanol–water partition coefficient (Wildman–Crippen LogP) is 5.25. The number of hydrogen-bond donors (Lipinski definition) is 1. The average molecular weight is 432 g/mol. The Bertz CT molecular complexity index is 1100. The van der Waals surface area contributed by atoms with E-state index in [1.54, 1.807) is 23.5 Å². The van der Waals surface area contributed by atoms with Crippen molar-refractivity contribution < 1.29 is 4.79 Å². The molecule has 1 fully saturated rings. The molecule has 30 heavy (non-hydrogen) atoms. The van der Waals surface area contributed by atoms with Crippen LogP contribution in [0.3, 0.4) is 0 Å². The van der Waals surface area contributed by atoms with Crippen molar-refractivity contribution in [2.75, 3.05) is 16.8 Å². The van der Waals surface area contributed by atoms with Gasteiger partial charge in [0.15, 0.2) is 0 Å². The number of fused-ring (bicyclic) bond motifs is 1. The van der Waals surface area contributed by atoms with E-state index in [9.17, 15) is 4.79 Å². The second kappa shape index (κ2) is 8.22. The molecule has 1 N–H and O–H groups in total. The van der Waals surface area contributed by atoms with Crippen molar-refractivity contribution in [1.82, 2.24) is 5.32 Å². The molecule has 1 atom stereocenters. The smallest absolute Gasteiger partial charge is 0.269 e. The molecule has 0 radical (unpaired) electrons. The molecule has 0 aromatic heterocycles. The van der Waals surface area contributed by atoms with Crippen LogP contribution in [0.2, 0.25) is 0 Å². The monoisotopic (exact) mass is 431 g/mol. The normalized spacial score (nSPS) is 20.7. The molecule has 3 aromatic rings. The van der Waals surface area contributed by atoms with Crippen molar-refractivity contribution >= 4 is 40.8 Å². The maximum Gasteiger partial charge on any atom is 0.269 e. The number of amides is 1. The van der Waals surface area contributed by atoms with Gasteiger partial charge in [-0.15, -0.1) is 0 Å². The number of carbonyl (C=O) groups is 1. The lowest BCUT2D eigenvalue weighted by molar-refractivity contribution is -0.114. The summed E-state index contributed by atoms with van der Waals surface area (Å²) in [5.74, 6) is 0.0407. The van der Waals surface area contributed by atoms with Crippen LogP contribution >= 0.6 is 23.5 Å². The maximum atomic E-state index is 13.6. The van der Waals surface area contributed by atoms with E-state index in [1.807, 2.05) is 72.6 Å². The zero-order valence-electron chi connectivity index (χ0n) is 16.5. The number of carbonyl (C=O) groups excluding carboxylic acids is 1. The van der Waals surface area contributed by atoms with Crippen molar-refractivity contribution in [1.29, 1.82) is 0 Å². The minimum absolute atomic E-state index is 0.0407. The van der Waals surface area contributed by atoms with Gasteiger partial charge in [-0.05, 0) is 29.8 Å². The summed E-state index contributed by atoms with van der Waals surface area (Å²) in [5, 5.41) is 4.57. The number of rotatable bonds is 4. The SMILES string of the molecule is CN1/C(=C2/SC(NCc3ccccc3)N(c3ccccc3)C2=O)Sc2ccccc21. The first kappa shape index (κ1) is 19.3. The van der Waals surface area contributed by atoms with Crippen LogP contribution < -0.4 is 15.1 Å².